The van der Waals surface area contributed by atoms with Gasteiger partial charge >= 0.3 is 0 Å². The third kappa shape index (κ3) is 4.84. The number of carbonyl (C=O) groups is 1. The van der Waals surface area contributed by atoms with Crippen LogP contribution in [0.25, 0.3) is 17.0 Å². The molecule has 1 aliphatic heterocycles. The highest BCUT2D eigenvalue weighted by atomic mass is 16.6. The molecular weight excluding hydrogens is 396 g/mol. The van der Waals surface area contributed by atoms with E-state index in [1.165, 1.54) is 18.2 Å². The number of hydrogen-bond acceptors (Lipinski definition) is 7. The summed E-state index contributed by atoms with van der Waals surface area (Å²) < 4.78 is 0. The van der Waals surface area contributed by atoms with Gasteiger partial charge < -0.3 is 10.6 Å². The number of hydrogen-bond donors (Lipinski definition) is 1. The van der Waals surface area contributed by atoms with Crippen molar-refractivity contribution in [1.82, 2.24) is 19.8 Å². The minimum atomic E-state index is -0.453. The third-order valence-electron chi connectivity index (χ3n) is 5.23. The monoisotopic (exact) mass is 418 g/mol. The van der Waals surface area contributed by atoms with Crippen LogP contribution in [0.2, 0.25) is 0 Å². The van der Waals surface area contributed by atoms with Crippen molar-refractivity contribution in [3.8, 4) is 0 Å². The number of carbonyl (C=O) groups excluding carboxylic acids is 1. The number of nitrogen functional groups attached to an aromatic ring is 1. The Kier molecular flexibility index (Phi) is 5.85. The van der Waals surface area contributed by atoms with Gasteiger partial charge in [-0.15, -0.1) is 0 Å². The number of aromatic nitrogens is 2. The highest BCUT2D eigenvalue weighted by Crippen LogP contribution is 2.18. The van der Waals surface area contributed by atoms with Crippen molar-refractivity contribution < 1.29 is 9.72 Å². The van der Waals surface area contributed by atoms with Crippen molar-refractivity contribution >= 4 is 34.4 Å². The molecule has 1 amide bonds. The van der Waals surface area contributed by atoms with Crippen molar-refractivity contribution in [3.05, 3.63) is 76.1 Å². The number of para-hydroxylation sites is 1. The number of amides is 1. The van der Waals surface area contributed by atoms with Crippen LogP contribution in [0.3, 0.4) is 0 Å². The maximum Gasteiger partial charge on any atom is 0.270 e. The number of nitrogens with two attached hydrogens (primary N) is 1. The second kappa shape index (κ2) is 8.88. The lowest BCUT2D eigenvalue weighted by molar-refractivity contribution is -0.384. The highest BCUT2D eigenvalue weighted by Gasteiger charge is 2.20. The number of nitrogens with zero attached hydrogens (tertiary/aromatic N) is 5. The van der Waals surface area contributed by atoms with Gasteiger partial charge in [0.05, 0.1) is 17.0 Å². The molecule has 1 fully saturated rings. The van der Waals surface area contributed by atoms with Crippen LogP contribution in [0.5, 0.6) is 0 Å². The van der Waals surface area contributed by atoms with Gasteiger partial charge in [0.1, 0.15) is 11.6 Å². The quantitative estimate of drug-likeness (QED) is 0.384. The number of anilines is 1. The van der Waals surface area contributed by atoms with Gasteiger partial charge in [0.25, 0.3) is 5.69 Å². The Labute approximate surface area is 179 Å². The van der Waals surface area contributed by atoms with Crippen molar-refractivity contribution in [2.75, 3.05) is 31.9 Å². The highest BCUT2D eigenvalue weighted by molar-refractivity contribution is 5.92. The molecule has 9 nitrogen and oxygen atoms in total. The molecule has 3 aromatic rings. The van der Waals surface area contributed by atoms with E-state index in [2.05, 4.69) is 14.9 Å². The lowest BCUT2D eigenvalue weighted by atomic mass is 10.2. The number of nitro groups is 1. The van der Waals surface area contributed by atoms with Crippen molar-refractivity contribution in [1.29, 1.82) is 0 Å². The zero-order valence-corrected chi connectivity index (χ0v) is 16.8. The van der Waals surface area contributed by atoms with Gasteiger partial charge in [-0.25, -0.2) is 9.97 Å². The topological polar surface area (TPSA) is 118 Å². The molecule has 0 spiro atoms. The molecule has 0 bridgehead atoms. The summed E-state index contributed by atoms with van der Waals surface area (Å²) in [5.41, 5.74) is 7.51. The van der Waals surface area contributed by atoms with Gasteiger partial charge in [0.2, 0.25) is 5.91 Å². The predicted octanol–water partition coefficient (Wildman–Crippen LogP) is 2.48. The predicted molar refractivity (Wildman–Crippen MR) is 118 cm³/mol. The summed E-state index contributed by atoms with van der Waals surface area (Å²) in [7, 11) is 0. The van der Waals surface area contributed by atoms with Gasteiger partial charge in [-0.1, -0.05) is 24.3 Å². The molecule has 0 radical (unpaired) electrons. The van der Waals surface area contributed by atoms with Crippen LogP contribution in [0, 0.1) is 10.1 Å². The van der Waals surface area contributed by atoms with Crippen molar-refractivity contribution in [3.63, 3.8) is 0 Å². The normalized spacial score (nSPS) is 14.9. The molecular formula is C22H22N6O3. The van der Waals surface area contributed by atoms with Crippen molar-refractivity contribution in [2.45, 2.75) is 6.54 Å². The molecule has 2 N–H and O–H groups in total. The molecule has 9 heteroatoms. The summed E-state index contributed by atoms with van der Waals surface area (Å²) in [4.78, 5) is 35.9. The SMILES string of the molecule is Nc1nc(CN2CCN(C(=O)/C=C/c3cccc([N+](=O)[O-])c3)CC2)nc2ccccc12. The molecule has 31 heavy (non-hydrogen) atoms. The van der Waals surface area contributed by atoms with E-state index in [0.29, 0.717) is 49.9 Å². The fourth-order valence-electron chi connectivity index (χ4n) is 3.56. The molecule has 0 saturated carbocycles. The Balaban J connectivity index is 1.34. The standard InChI is InChI=1S/C22H22N6O3/c23-22-18-6-1-2-7-19(18)24-20(25-22)15-26-10-12-27(13-11-26)21(29)9-8-16-4-3-5-17(14-16)28(30)31/h1-9,14H,10-13,15H2,(H2,23,24,25)/b9-8+. The first kappa shape index (κ1) is 20.4. The van der Waals surface area contributed by atoms with E-state index in [0.717, 1.165) is 10.9 Å². The minimum Gasteiger partial charge on any atom is -0.383 e. The second-order valence-corrected chi connectivity index (χ2v) is 7.33. The van der Waals surface area contributed by atoms with E-state index in [1.54, 1.807) is 23.1 Å². The Hall–Kier alpha value is -3.85. The van der Waals surface area contributed by atoms with Crippen LogP contribution >= 0.6 is 0 Å². The summed E-state index contributed by atoms with van der Waals surface area (Å²) >= 11 is 0. The number of piperazine rings is 1. The Morgan fingerprint density at radius 1 is 1.10 bits per heavy atom. The molecule has 1 aromatic heterocycles. The maximum absolute atomic E-state index is 12.5. The third-order valence-corrected chi connectivity index (χ3v) is 5.23. The van der Waals surface area contributed by atoms with Crippen LogP contribution < -0.4 is 5.73 Å². The van der Waals surface area contributed by atoms with E-state index in [1.807, 2.05) is 24.3 Å². The zero-order valence-electron chi connectivity index (χ0n) is 16.8. The summed E-state index contributed by atoms with van der Waals surface area (Å²) in [6.07, 6.45) is 3.06. The van der Waals surface area contributed by atoms with Gasteiger partial charge in [-0.2, -0.15) is 0 Å². The summed E-state index contributed by atoms with van der Waals surface area (Å²) in [5.74, 6) is 1.03. The average molecular weight is 418 g/mol. The van der Waals surface area contributed by atoms with E-state index in [4.69, 9.17) is 5.73 Å². The van der Waals surface area contributed by atoms with Gasteiger partial charge in [-0.05, 0) is 23.8 Å². The molecule has 2 heterocycles. The summed E-state index contributed by atoms with van der Waals surface area (Å²) in [6, 6.07) is 13.8. The fraction of sp³-hybridized carbons (Fsp3) is 0.227. The lowest BCUT2D eigenvalue weighted by Gasteiger charge is -2.33. The number of non-ortho nitro benzene ring substituents is 1. The second-order valence-electron chi connectivity index (χ2n) is 7.33. The molecule has 2 aromatic carbocycles. The van der Waals surface area contributed by atoms with Crippen LogP contribution in [0.4, 0.5) is 11.5 Å². The Morgan fingerprint density at radius 3 is 2.65 bits per heavy atom. The summed E-state index contributed by atoms with van der Waals surface area (Å²) in [5, 5.41) is 11.7. The molecule has 1 saturated heterocycles. The smallest absolute Gasteiger partial charge is 0.270 e. The molecule has 0 unspecified atom stereocenters. The number of rotatable bonds is 5. The van der Waals surface area contributed by atoms with Crippen LogP contribution in [-0.4, -0.2) is 56.8 Å². The molecule has 158 valence electrons. The van der Waals surface area contributed by atoms with Gasteiger partial charge in [0.15, 0.2) is 0 Å². The number of nitro benzene ring substituents is 1. The van der Waals surface area contributed by atoms with Crippen LogP contribution in [0.15, 0.2) is 54.6 Å². The Bertz CT molecular complexity index is 1150. The first-order chi connectivity index (χ1) is 15.0. The molecule has 4 rings (SSSR count). The van der Waals surface area contributed by atoms with E-state index < -0.39 is 4.92 Å². The average Bonchev–Trinajstić information content (AvgIpc) is 2.78. The van der Waals surface area contributed by atoms with E-state index in [-0.39, 0.29) is 11.6 Å². The van der Waals surface area contributed by atoms with E-state index >= 15 is 0 Å². The molecule has 0 atom stereocenters. The van der Waals surface area contributed by atoms with Crippen LogP contribution in [0.1, 0.15) is 11.4 Å². The maximum atomic E-state index is 12.5. The molecule has 0 aliphatic carbocycles. The molecule has 1 aliphatic rings. The number of benzene rings is 2. The van der Waals surface area contributed by atoms with E-state index in [9.17, 15) is 14.9 Å². The summed E-state index contributed by atoms with van der Waals surface area (Å²) in [6.45, 7) is 3.14. The first-order valence-electron chi connectivity index (χ1n) is 9.94. The zero-order chi connectivity index (χ0) is 21.8. The minimum absolute atomic E-state index is 0.000223. The largest absolute Gasteiger partial charge is 0.383 e. The first-order valence-corrected chi connectivity index (χ1v) is 9.94. The fourth-order valence-corrected chi connectivity index (χ4v) is 3.56. The number of fused-ring (bicyclic) bond motifs is 1. The Morgan fingerprint density at radius 2 is 1.87 bits per heavy atom. The lowest BCUT2D eigenvalue weighted by Crippen LogP contribution is -2.48. The van der Waals surface area contributed by atoms with Crippen molar-refractivity contribution in [2.24, 2.45) is 0 Å². The van der Waals surface area contributed by atoms with Gasteiger partial charge in [-0.3, -0.25) is 19.8 Å². The van der Waals surface area contributed by atoms with Crippen LogP contribution in [-0.2, 0) is 11.3 Å². The van der Waals surface area contributed by atoms with Gasteiger partial charge in [0, 0.05) is 49.8 Å².